The maximum atomic E-state index is 12.5. The molecule has 0 saturated carbocycles. The molecule has 0 saturated heterocycles. The molecule has 0 aromatic heterocycles. The summed E-state index contributed by atoms with van der Waals surface area (Å²) in [6.45, 7) is 1.18. The molecule has 0 unspecified atom stereocenters. The number of amides is 2. The summed E-state index contributed by atoms with van der Waals surface area (Å²) in [7, 11) is 3.07. The molecular formula is C20H22N2O4. The molecule has 0 aliphatic carbocycles. The maximum Gasteiger partial charge on any atom is 0.233 e. The van der Waals surface area contributed by atoms with Gasteiger partial charge in [-0.1, -0.05) is 24.3 Å². The Morgan fingerprint density at radius 1 is 1.08 bits per heavy atom. The van der Waals surface area contributed by atoms with E-state index in [4.69, 9.17) is 9.47 Å². The first-order valence-electron chi connectivity index (χ1n) is 8.47. The van der Waals surface area contributed by atoms with Crippen molar-refractivity contribution in [3.8, 4) is 11.5 Å². The van der Waals surface area contributed by atoms with Gasteiger partial charge >= 0.3 is 0 Å². The van der Waals surface area contributed by atoms with E-state index >= 15 is 0 Å². The van der Waals surface area contributed by atoms with Crippen molar-refractivity contribution in [1.29, 1.82) is 0 Å². The second-order valence-electron chi connectivity index (χ2n) is 6.13. The number of anilines is 1. The van der Waals surface area contributed by atoms with Crippen LogP contribution in [0.15, 0.2) is 42.5 Å². The van der Waals surface area contributed by atoms with Crippen molar-refractivity contribution in [3.05, 3.63) is 53.6 Å². The predicted molar refractivity (Wildman–Crippen MR) is 98.4 cm³/mol. The molecule has 0 atom stereocenters. The Morgan fingerprint density at radius 2 is 1.85 bits per heavy atom. The molecule has 1 heterocycles. The van der Waals surface area contributed by atoms with Gasteiger partial charge in [0, 0.05) is 19.2 Å². The fourth-order valence-electron chi connectivity index (χ4n) is 3.06. The minimum absolute atomic E-state index is 0.182. The lowest BCUT2D eigenvalue weighted by molar-refractivity contribution is -0.135. The molecule has 3 rings (SSSR count). The van der Waals surface area contributed by atoms with Crippen molar-refractivity contribution in [1.82, 2.24) is 4.90 Å². The zero-order valence-electron chi connectivity index (χ0n) is 15.0. The molecule has 26 heavy (non-hydrogen) atoms. The molecule has 0 fully saturated rings. The van der Waals surface area contributed by atoms with Gasteiger partial charge in [0.15, 0.2) is 0 Å². The van der Waals surface area contributed by atoms with Crippen LogP contribution in [0.2, 0.25) is 0 Å². The minimum Gasteiger partial charge on any atom is -0.497 e. The summed E-state index contributed by atoms with van der Waals surface area (Å²) < 4.78 is 10.4. The van der Waals surface area contributed by atoms with Gasteiger partial charge in [-0.05, 0) is 29.7 Å². The summed E-state index contributed by atoms with van der Waals surface area (Å²) in [5.41, 5.74) is 2.89. The standard InChI is InChI=1S/C20H22N2O4/c1-25-16-7-8-18(26-2)17(11-16)21-19(23)12-20(24)22-10-9-14-5-3-4-6-15(14)13-22/h3-8,11H,9-10,12-13H2,1-2H3,(H,21,23). The number of nitrogens with one attached hydrogen (secondary N) is 1. The van der Waals surface area contributed by atoms with Crippen LogP contribution in [0.25, 0.3) is 0 Å². The molecule has 2 aromatic carbocycles. The molecule has 6 heteroatoms. The first-order chi connectivity index (χ1) is 12.6. The van der Waals surface area contributed by atoms with Crippen molar-refractivity contribution in [2.45, 2.75) is 19.4 Å². The van der Waals surface area contributed by atoms with E-state index in [9.17, 15) is 9.59 Å². The fourth-order valence-corrected chi connectivity index (χ4v) is 3.06. The zero-order valence-corrected chi connectivity index (χ0v) is 15.0. The van der Waals surface area contributed by atoms with Gasteiger partial charge in [0.05, 0.1) is 19.9 Å². The van der Waals surface area contributed by atoms with Crippen LogP contribution in [0.4, 0.5) is 5.69 Å². The van der Waals surface area contributed by atoms with E-state index < -0.39 is 0 Å². The lowest BCUT2D eigenvalue weighted by atomic mass is 10.00. The number of nitrogens with zero attached hydrogens (tertiary/aromatic N) is 1. The van der Waals surface area contributed by atoms with Crippen LogP contribution in [0.3, 0.4) is 0 Å². The summed E-state index contributed by atoms with van der Waals surface area (Å²) in [6.07, 6.45) is 0.607. The normalized spacial score (nSPS) is 12.9. The first kappa shape index (κ1) is 17.8. The maximum absolute atomic E-state index is 12.5. The average Bonchev–Trinajstić information content (AvgIpc) is 2.67. The quantitative estimate of drug-likeness (QED) is 0.838. The highest BCUT2D eigenvalue weighted by molar-refractivity contribution is 6.04. The zero-order chi connectivity index (χ0) is 18.5. The fraction of sp³-hybridized carbons (Fsp3) is 0.300. The third kappa shape index (κ3) is 3.96. The second-order valence-corrected chi connectivity index (χ2v) is 6.13. The Morgan fingerprint density at radius 3 is 2.58 bits per heavy atom. The predicted octanol–water partition coefficient (Wildman–Crippen LogP) is 2.62. The van der Waals surface area contributed by atoms with Gasteiger partial charge in [0.2, 0.25) is 11.8 Å². The third-order valence-corrected chi connectivity index (χ3v) is 4.48. The number of carbonyl (C=O) groups excluding carboxylic acids is 2. The molecule has 136 valence electrons. The summed E-state index contributed by atoms with van der Waals surface area (Å²) >= 11 is 0. The van der Waals surface area contributed by atoms with E-state index in [-0.39, 0.29) is 18.2 Å². The van der Waals surface area contributed by atoms with Crippen LogP contribution < -0.4 is 14.8 Å². The van der Waals surface area contributed by atoms with Gasteiger partial charge in [0.25, 0.3) is 0 Å². The van der Waals surface area contributed by atoms with Crippen molar-refractivity contribution in [2.75, 3.05) is 26.1 Å². The van der Waals surface area contributed by atoms with Crippen LogP contribution in [0.1, 0.15) is 17.5 Å². The van der Waals surface area contributed by atoms with Crippen LogP contribution >= 0.6 is 0 Å². The van der Waals surface area contributed by atoms with E-state index in [0.29, 0.717) is 30.3 Å². The summed E-state index contributed by atoms with van der Waals surface area (Å²) in [4.78, 5) is 26.5. The highest BCUT2D eigenvalue weighted by Crippen LogP contribution is 2.29. The average molecular weight is 354 g/mol. The Labute approximate surface area is 152 Å². The number of rotatable bonds is 5. The Bertz CT molecular complexity index is 819. The Kier molecular flexibility index (Phi) is 5.41. The van der Waals surface area contributed by atoms with Crippen molar-refractivity contribution in [3.63, 3.8) is 0 Å². The number of carbonyl (C=O) groups is 2. The molecule has 0 spiro atoms. The third-order valence-electron chi connectivity index (χ3n) is 4.48. The number of ether oxygens (including phenoxy) is 2. The van der Waals surface area contributed by atoms with Crippen LogP contribution in [0, 0.1) is 0 Å². The number of methoxy groups -OCH3 is 2. The number of hydrogen-bond donors (Lipinski definition) is 1. The molecule has 1 aliphatic rings. The van der Waals surface area contributed by atoms with E-state index in [1.807, 2.05) is 18.2 Å². The van der Waals surface area contributed by atoms with Crippen LogP contribution in [-0.4, -0.2) is 37.5 Å². The summed E-state index contributed by atoms with van der Waals surface area (Å²) in [5.74, 6) is 0.554. The Balaban J connectivity index is 1.63. The van der Waals surface area contributed by atoms with Crippen LogP contribution in [0.5, 0.6) is 11.5 Å². The van der Waals surface area contributed by atoms with E-state index in [0.717, 1.165) is 12.0 Å². The molecule has 2 aromatic rings. The SMILES string of the molecule is COc1ccc(OC)c(NC(=O)CC(=O)N2CCc3ccccc3C2)c1. The number of benzene rings is 2. The molecular weight excluding hydrogens is 332 g/mol. The van der Waals surface area contributed by atoms with Gasteiger partial charge in [-0.15, -0.1) is 0 Å². The molecule has 2 amide bonds. The van der Waals surface area contributed by atoms with Crippen molar-refractivity contribution in [2.24, 2.45) is 0 Å². The van der Waals surface area contributed by atoms with Gasteiger partial charge in [0.1, 0.15) is 17.9 Å². The van der Waals surface area contributed by atoms with Crippen molar-refractivity contribution < 1.29 is 19.1 Å². The summed E-state index contributed by atoms with van der Waals surface area (Å²) in [6, 6.07) is 13.2. The monoisotopic (exact) mass is 354 g/mol. The highest BCUT2D eigenvalue weighted by Gasteiger charge is 2.22. The number of hydrogen-bond acceptors (Lipinski definition) is 4. The molecule has 0 bridgehead atoms. The lowest BCUT2D eigenvalue weighted by Crippen LogP contribution is -2.37. The van der Waals surface area contributed by atoms with Gasteiger partial charge in [-0.25, -0.2) is 0 Å². The van der Waals surface area contributed by atoms with Gasteiger partial charge in [-0.2, -0.15) is 0 Å². The molecule has 0 radical (unpaired) electrons. The highest BCUT2D eigenvalue weighted by atomic mass is 16.5. The number of fused-ring (bicyclic) bond motifs is 1. The second kappa shape index (κ2) is 7.91. The minimum atomic E-state index is -0.375. The molecule has 1 aliphatic heterocycles. The van der Waals surface area contributed by atoms with Gasteiger partial charge < -0.3 is 19.7 Å². The lowest BCUT2D eigenvalue weighted by Gasteiger charge is -2.28. The summed E-state index contributed by atoms with van der Waals surface area (Å²) in [5, 5.41) is 2.73. The first-order valence-corrected chi connectivity index (χ1v) is 8.47. The van der Waals surface area contributed by atoms with E-state index in [1.165, 1.54) is 12.7 Å². The molecule has 1 N–H and O–H groups in total. The van der Waals surface area contributed by atoms with Crippen LogP contribution in [-0.2, 0) is 22.6 Å². The smallest absolute Gasteiger partial charge is 0.233 e. The molecule has 6 nitrogen and oxygen atoms in total. The van der Waals surface area contributed by atoms with Crippen molar-refractivity contribution >= 4 is 17.5 Å². The topological polar surface area (TPSA) is 67.9 Å². The van der Waals surface area contributed by atoms with E-state index in [1.54, 1.807) is 30.2 Å². The largest absolute Gasteiger partial charge is 0.497 e. The van der Waals surface area contributed by atoms with Gasteiger partial charge in [-0.3, -0.25) is 9.59 Å². The Hall–Kier alpha value is -3.02. The van der Waals surface area contributed by atoms with E-state index in [2.05, 4.69) is 11.4 Å².